The lowest BCUT2D eigenvalue weighted by Gasteiger charge is -2.05. The highest BCUT2D eigenvalue weighted by Crippen LogP contribution is 2.27. The number of nitrogens with one attached hydrogen (secondary N) is 1. The van der Waals surface area contributed by atoms with Gasteiger partial charge < -0.3 is 15.5 Å². The van der Waals surface area contributed by atoms with Crippen LogP contribution in [0.5, 0.6) is 5.06 Å². The van der Waals surface area contributed by atoms with Gasteiger partial charge in [-0.1, -0.05) is 11.3 Å². The number of carboxylic acids is 1. The molecule has 1 heterocycles. The summed E-state index contributed by atoms with van der Waals surface area (Å²) < 4.78 is 13.5. The summed E-state index contributed by atoms with van der Waals surface area (Å²) >= 11 is 0.734. The van der Waals surface area contributed by atoms with Gasteiger partial charge in [0.1, 0.15) is 17.9 Å². The molecule has 0 spiro atoms. The Hall–Kier alpha value is -2.48. The number of amides is 1. The predicted octanol–water partition coefficient (Wildman–Crippen LogP) is 0.921. The van der Waals surface area contributed by atoms with E-state index >= 15 is 0 Å². The molecule has 0 aliphatic rings. The third kappa shape index (κ3) is 2.59. The van der Waals surface area contributed by atoms with Gasteiger partial charge in [0.15, 0.2) is 5.06 Å². The Morgan fingerprint density at radius 3 is 2.70 bits per heavy atom. The van der Waals surface area contributed by atoms with Crippen molar-refractivity contribution in [2.24, 2.45) is 0 Å². The summed E-state index contributed by atoms with van der Waals surface area (Å²) in [6, 6.07) is 3.40. The number of hydrogen-bond donors (Lipinski definition) is 3. The van der Waals surface area contributed by atoms with Gasteiger partial charge >= 0.3 is 5.97 Å². The normalized spacial score (nSPS) is 10.4. The van der Waals surface area contributed by atoms with Gasteiger partial charge in [0.25, 0.3) is 5.91 Å². The van der Waals surface area contributed by atoms with E-state index in [4.69, 9.17) is 5.11 Å². The van der Waals surface area contributed by atoms with Crippen molar-refractivity contribution in [1.29, 1.82) is 0 Å². The van der Waals surface area contributed by atoms with Crippen molar-refractivity contribution >= 4 is 33.3 Å². The van der Waals surface area contributed by atoms with Crippen LogP contribution in [0.15, 0.2) is 23.0 Å². The summed E-state index contributed by atoms with van der Waals surface area (Å²) in [5, 5.41) is 19.5. The van der Waals surface area contributed by atoms with Gasteiger partial charge in [-0.2, -0.15) is 0 Å². The van der Waals surface area contributed by atoms with Crippen LogP contribution in [0.25, 0.3) is 10.1 Å². The quantitative estimate of drug-likeness (QED) is 0.781. The molecule has 0 atom stereocenters. The van der Waals surface area contributed by atoms with Crippen LogP contribution in [0.2, 0.25) is 0 Å². The Kier molecular flexibility index (Phi) is 3.66. The summed E-state index contributed by atoms with van der Waals surface area (Å²) in [5.41, 5.74) is -1.44. The molecule has 0 saturated heterocycles. The van der Waals surface area contributed by atoms with Crippen LogP contribution in [0.4, 0.5) is 4.39 Å². The van der Waals surface area contributed by atoms with E-state index in [0.29, 0.717) is 4.70 Å². The second-order valence-electron chi connectivity index (χ2n) is 3.83. The third-order valence-electron chi connectivity index (χ3n) is 2.46. The largest absolute Gasteiger partial charge is 0.499 e. The molecule has 104 valence electrons. The average molecular weight is 297 g/mol. The van der Waals surface area contributed by atoms with Gasteiger partial charge in [0.05, 0.1) is 0 Å². The zero-order valence-electron chi connectivity index (χ0n) is 9.84. The first kappa shape index (κ1) is 13.9. The third-order valence-corrected chi connectivity index (χ3v) is 3.43. The van der Waals surface area contributed by atoms with Crippen molar-refractivity contribution in [1.82, 2.24) is 5.32 Å². The Balaban J connectivity index is 2.56. The van der Waals surface area contributed by atoms with Gasteiger partial charge in [-0.15, -0.1) is 0 Å². The monoisotopic (exact) mass is 297 g/mol. The molecule has 1 aromatic heterocycles. The van der Waals surface area contributed by atoms with Crippen molar-refractivity contribution in [3.05, 3.63) is 39.8 Å². The maximum Gasteiger partial charge on any atom is 0.322 e. The number of benzene rings is 1. The number of aromatic hydroxyl groups is 1. The minimum absolute atomic E-state index is 0.0479. The Morgan fingerprint density at radius 2 is 2.05 bits per heavy atom. The molecule has 1 aromatic carbocycles. The van der Waals surface area contributed by atoms with E-state index < -0.39 is 40.3 Å². The first-order chi connectivity index (χ1) is 9.40. The van der Waals surface area contributed by atoms with Gasteiger partial charge in [-0.25, -0.2) is 4.39 Å². The molecule has 0 aliphatic heterocycles. The van der Waals surface area contributed by atoms with Crippen molar-refractivity contribution in [2.45, 2.75) is 0 Å². The number of fused-ring (bicyclic) bond motifs is 1. The lowest BCUT2D eigenvalue weighted by Crippen LogP contribution is -2.32. The van der Waals surface area contributed by atoms with Gasteiger partial charge in [-0.05, 0) is 18.2 Å². The predicted molar refractivity (Wildman–Crippen MR) is 69.7 cm³/mol. The van der Waals surface area contributed by atoms with Crippen LogP contribution in [0, 0.1) is 5.82 Å². The van der Waals surface area contributed by atoms with E-state index in [1.165, 1.54) is 6.07 Å². The standard InChI is InChI=1S/C12H8FNO5S/c13-5-1-2-7-6(3-5)10(17)9(12(19)20-7)11(18)14-4-8(15)16/h1-3,19H,4H2,(H,14,18)(H,15,16). The number of hydrogen-bond acceptors (Lipinski definition) is 5. The number of carboxylic acid groups (broad SMARTS) is 1. The summed E-state index contributed by atoms with van der Waals surface area (Å²) in [5.74, 6) is -2.96. The molecular weight excluding hydrogens is 289 g/mol. The van der Waals surface area contributed by atoms with Crippen LogP contribution in [0.3, 0.4) is 0 Å². The first-order valence-electron chi connectivity index (χ1n) is 5.35. The fourth-order valence-electron chi connectivity index (χ4n) is 1.60. The Bertz CT molecular complexity index is 770. The molecule has 0 saturated carbocycles. The number of carbonyl (C=O) groups excluding carboxylic acids is 1. The highest BCUT2D eigenvalue weighted by atomic mass is 32.1. The SMILES string of the molecule is O=C(O)CNC(=O)c1c(O)sc2ccc(F)cc2c1=O. The minimum Gasteiger partial charge on any atom is -0.499 e. The molecule has 0 bridgehead atoms. The molecule has 2 aromatic rings. The van der Waals surface area contributed by atoms with Crippen molar-refractivity contribution < 1.29 is 24.2 Å². The maximum absolute atomic E-state index is 13.1. The van der Waals surface area contributed by atoms with E-state index in [2.05, 4.69) is 0 Å². The molecule has 0 unspecified atom stereocenters. The molecule has 0 fully saturated rings. The molecule has 20 heavy (non-hydrogen) atoms. The molecular formula is C12H8FNO5S. The zero-order valence-corrected chi connectivity index (χ0v) is 10.7. The Morgan fingerprint density at radius 1 is 1.35 bits per heavy atom. The summed E-state index contributed by atoms with van der Waals surface area (Å²) in [4.78, 5) is 34.1. The summed E-state index contributed by atoms with van der Waals surface area (Å²) in [6.07, 6.45) is 0. The fourth-order valence-corrected chi connectivity index (χ4v) is 2.49. The van der Waals surface area contributed by atoms with Gasteiger partial charge in [0, 0.05) is 10.1 Å². The maximum atomic E-state index is 13.1. The number of halogens is 1. The van der Waals surface area contributed by atoms with Crippen LogP contribution in [0.1, 0.15) is 10.4 Å². The van der Waals surface area contributed by atoms with Crippen LogP contribution < -0.4 is 10.7 Å². The van der Waals surface area contributed by atoms with E-state index in [0.717, 1.165) is 23.5 Å². The highest BCUT2D eigenvalue weighted by Gasteiger charge is 2.19. The van der Waals surface area contributed by atoms with Crippen LogP contribution in [-0.4, -0.2) is 28.6 Å². The van der Waals surface area contributed by atoms with Crippen LogP contribution in [-0.2, 0) is 4.79 Å². The number of rotatable bonds is 3. The molecule has 8 heteroatoms. The first-order valence-corrected chi connectivity index (χ1v) is 6.17. The zero-order chi connectivity index (χ0) is 14.9. The average Bonchev–Trinajstić information content (AvgIpc) is 2.37. The summed E-state index contributed by atoms with van der Waals surface area (Å²) in [7, 11) is 0. The second-order valence-corrected chi connectivity index (χ2v) is 4.86. The highest BCUT2D eigenvalue weighted by molar-refractivity contribution is 7.20. The molecule has 0 radical (unpaired) electrons. The topological polar surface area (TPSA) is 104 Å². The minimum atomic E-state index is -1.29. The van der Waals surface area contributed by atoms with Crippen molar-refractivity contribution in [3.8, 4) is 5.06 Å². The smallest absolute Gasteiger partial charge is 0.322 e. The molecule has 0 aliphatic carbocycles. The molecule has 1 amide bonds. The lowest BCUT2D eigenvalue weighted by molar-refractivity contribution is -0.135. The van der Waals surface area contributed by atoms with E-state index in [1.807, 2.05) is 5.32 Å². The summed E-state index contributed by atoms with van der Waals surface area (Å²) in [6.45, 7) is -0.691. The number of aliphatic carboxylic acids is 1. The van der Waals surface area contributed by atoms with E-state index in [1.54, 1.807) is 0 Å². The van der Waals surface area contributed by atoms with Gasteiger partial charge in [-0.3, -0.25) is 14.4 Å². The van der Waals surface area contributed by atoms with E-state index in [-0.39, 0.29) is 5.39 Å². The fraction of sp³-hybridized carbons (Fsp3) is 0.0833. The molecule has 6 nitrogen and oxygen atoms in total. The van der Waals surface area contributed by atoms with Crippen molar-refractivity contribution in [3.63, 3.8) is 0 Å². The number of carbonyl (C=O) groups is 2. The lowest BCUT2D eigenvalue weighted by atomic mass is 10.2. The second kappa shape index (κ2) is 5.25. The molecule has 2 rings (SSSR count). The van der Waals surface area contributed by atoms with Crippen LogP contribution >= 0.6 is 11.3 Å². The van der Waals surface area contributed by atoms with Crippen molar-refractivity contribution in [2.75, 3.05) is 6.54 Å². The van der Waals surface area contributed by atoms with Gasteiger partial charge in [0.2, 0.25) is 5.43 Å². The molecule has 3 N–H and O–H groups in total. The Labute approximate surface area is 115 Å². The van der Waals surface area contributed by atoms with E-state index in [9.17, 15) is 23.9 Å².